The minimum absolute atomic E-state index is 0.570. The number of hydrogen-bond donors (Lipinski definition) is 0. The fraction of sp³-hybridized carbons (Fsp3) is 0.529. The van der Waals surface area contributed by atoms with Gasteiger partial charge in [0.15, 0.2) is 0 Å². The summed E-state index contributed by atoms with van der Waals surface area (Å²) in [5.41, 5.74) is 0.940. The average molecular weight is 301 g/mol. The van der Waals surface area contributed by atoms with Crippen molar-refractivity contribution in [3.8, 4) is 17.1 Å². The number of piperidine rings is 1. The molecule has 1 aromatic heterocycles. The monoisotopic (exact) mass is 301 g/mol. The number of aromatic nitrogens is 2. The van der Waals surface area contributed by atoms with Crippen molar-refractivity contribution in [3.63, 3.8) is 0 Å². The van der Waals surface area contributed by atoms with Crippen LogP contribution < -0.4 is 4.74 Å². The summed E-state index contributed by atoms with van der Waals surface area (Å²) in [7, 11) is 1.66. The first kappa shape index (κ1) is 15.0. The Labute approximate surface area is 131 Å². The Morgan fingerprint density at radius 1 is 1.18 bits per heavy atom. The molecule has 0 radical (unpaired) electrons. The van der Waals surface area contributed by atoms with Crippen LogP contribution in [0.25, 0.3) is 11.4 Å². The van der Waals surface area contributed by atoms with Gasteiger partial charge in [0.05, 0.1) is 13.7 Å². The molecule has 0 unspecified atom stereocenters. The van der Waals surface area contributed by atoms with E-state index in [2.05, 4.69) is 28.9 Å². The van der Waals surface area contributed by atoms with Gasteiger partial charge in [0.2, 0.25) is 11.7 Å². The first-order valence-electron chi connectivity index (χ1n) is 7.90. The van der Waals surface area contributed by atoms with Gasteiger partial charge in [0.25, 0.3) is 0 Å². The van der Waals surface area contributed by atoms with Gasteiger partial charge in [-0.1, -0.05) is 11.6 Å². The van der Waals surface area contributed by atoms with Crippen molar-refractivity contribution in [1.29, 1.82) is 0 Å². The quantitative estimate of drug-likeness (QED) is 0.865. The van der Waals surface area contributed by atoms with Crippen molar-refractivity contribution in [1.82, 2.24) is 15.0 Å². The Hall–Kier alpha value is -1.88. The summed E-state index contributed by atoms with van der Waals surface area (Å²) in [6.07, 6.45) is 3.79. The van der Waals surface area contributed by atoms with Gasteiger partial charge in [-0.25, -0.2) is 0 Å². The summed E-state index contributed by atoms with van der Waals surface area (Å²) in [5, 5.41) is 4.10. The minimum atomic E-state index is 0.570. The predicted molar refractivity (Wildman–Crippen MR) is 84.6 cm³/mol. The Balaban J connectivity index is 1.72. The van der Waals surface area contributed by atoms with Gasteiger partial charge in [-0.05, 0) is 51.0 Å². The van der Waals surface area contributed by atoms with Crippen LogP contribution >= 0.6 is 0 Å². The van der Waals surface area contributed by atoms with Crippen molar-refractivity contribution in [2.75, 3.05) is 7.11 Å². The number of hydrogen-bond acceptors (Lipinski definition) is 5. The number of benzene rings is 1. The number of ether oxygens (including phenoxy) is 1. The summed E-state index contributed by atoms with van der Waals surface area (Å²) in [6.45, 7) is 5.28. The molecular formula is C17H23N3O2. The van der Waals surface area contributed by atoms with E-state index < -0.39 is 0 Å². The van der Waals surface area contributed by atoms with Crippen molar-refractivity contribution in [2.45, 2.75) is 51.7 Å². The molecule has 0 N–H and O–H groups in total. The van der Waals surface area contributed by atoms with Crippen molar-refractivity contribution in [2.24, 2.45) is 0 Å². The molecule has 0 spiro atoms. The lowest BCUT2D eigenvalue weighted by molar-refractivity contribution is 0.0825. The molecule has 0 aliphatic carbocycles. The highest BCUT2D eigenvalue weighted by molar-refractivity contribution is 5.55. The summed E-state index contributed by atoms with van der Waals surface area (Å²) in [6, 6.07) is 8.83. The van der Waals surface area contributed by atoms with Gasteiger partial charge >= 0.3 is 0 Å². The third-order valence-electron chi connectivity index (χ3n) is 4.51. The predicted octanol–water partition coefficient (Wildman–Crippen LogP) is 3.51. The van der Waals surface area contributed by atoms with Crippen LogP contribution in [0.1, 0.15) is 39.0 Å². The van der Waals surface area contributed by atoms with Crippen molar-refractivity contribution < 1.29 is 9.26 Å². The van der Waals surface area contributed by atoms with Crippen LogP contribution in [0.2, 0.25) is 0 Å². The maximum Gasteiger partial charge on any atom is 0.241 e. The Morgan fingerprint density at radius 2 is 1.86 bits per heavy atom. The zero-order valence-electron chi connectivity index (χ0n) is 13.5. The molecule has 1 saturated heterocycles. The van der Waals surface area contributed by atoms with E-state index in [1.54, 1.807) is 7.11 Å². The summed E-state index contributed by atoms with van der Waals surface area (Å²) in [4.78, 5) is 6.99. The third kappa shape index (κ3) is 3.14. The number of methoxy groups -OCH3 is 1. The van der Waals surface area contributed by atoms with E-state index in [1.165, 1.54) is 19.3 Å². The fourth-order valence-electron chi connectivity index (χ4n) is 3.12. The largest absolute Gasteiger partial charge is 0.497 e. The molecule has 1 aliphatic heterocycles. The maximum absolute atomic E-state index is 5.44. The molecule has 1 aromatic carbocycles. The molecule has 2 atom stereocenters. The Kier molecular flexibility index (Phi) is 4.43. The first-order valence-corrected chi connectivity index (χ1v) is 7.90. The van der Waals surface area contributed by atoms with Crippen LogP contribution in [0.5, 0.6) is 5.75 Å². The third-order valence-corrected chi connectivity index (χ3v) is 4.51. The van der Waals surface area contributed by atoms with E-state index in [-0.39, 0.29) is 0 Å². The number of likely N-dealkylation sites (tertiary alicyclic amines) is 1. The molecule has 2 heterocycles. The molecule has 1 aliphatic rings. The lowest BCUT2D eigenvalue weighted by atomic mass is 9.98. The van der Waals surface area contributed by atoms with Crippen LogP contribution in [0, 0.1) is 0 Å². The maximum atomic E-state index is 5.44. The molecule has 22 heavy (non-hydrogen) atoms. The number of nitrogens with zero attached hydrogens (tertiary/aromatic N) is 3. The van der Waals surface area contributed by atoms with Gasteiger partial charge in [0, 0.05) is 17.6 Å². The molecule has 2 aromatic rings. The highest BCUT2D eigenvalue weighted by atomic mass is 16.5. The standard InChI is InChI=1S/C17H23N3O2/c1-12-5-4-6-13(2)20(12)11-16-18-17(19-22-16)14-7-9-15(21-3)10-8-14/h7-10,12-13H,4-6,11H2,1-3H3/t12-,13+. The summed E-state index contributed by atoms with van der Waals surface area (Å²) < 4.78 is 10.6. The second-order valence-electron chi connectivity index (χ2n) is 6.04. The van der Waals surface area contributed by atoms with Crippen LogP contribution in [0.3, 0.4) is 0 Å². The van der Waals surface area contributed by atoms with Crippen LogP contribution in [-0.2, 0) is 6.54 Å². The summed E-state index contributed by atoms with van der Waals surface area (Å²) >= 11 is 0. The van der Waals surface area contributed by atoms with E-state index in [1.807, 2.05) is 24.3 Å². The average Bonchev–Trinajstić information content (AvgIpc) is 3.00. The minimum Gasteiger partial charge on any atom is -0.497 e. The van der Waals surface area contributed by atoms with Crippen molar-refractivity contribution >= 4 is 0 Å². The molecule has 1 fully saturated rings. The molecule has 118 valence electrons. The summed E-state index contributed by atoms with van der Waals surface area (Å²) in [5.74, 6) is 2.14. The second kappa shape index (κ2) is 6.48. The van der Waals surface area contributed by atoms with E-state index in [0.29, 0.717) is 23.8 Å². The highest BCUT2D eigenvalue weighted by Crippen LogP contribution is 2.25. The topological polar surface area (TPSA) is 51.4 Å². The van der Waals surface area contributed by atoms with E-state index in [9.17, 15) is 0 Å². The van der Waals surface area contributed by atoms with E-state index >= 15 is 0 Å². The first-order chi connectivity index (χ1) is 10.7. The van der Waals surface area contributed by atoms with Gasteiger partial charge in [-0.2, -0.15) is 4.98 Å². The molecule has 5 nitrogen and oxygen atoms in total. The fourth-order valence-corrected chi connectivity index (χ4v) is 3.12. The van der Waals surface area contributed by atoms with E-state index in [0.717, 1.165) is 17.9 Å². The van der Waals surface area contributed by atoms with Crippen LogP contribution in [0.15, 0.2) is 28.8 Å². The molecule has 0 bridgehead atoms. The van der Waals surface area contributed by atoms with Gasteiger partial charge < -0.3 is 9.26 Å². The lowest BCUT2D eigenvalue weighted by Crippen LogP contribution is -2.43. The number of rotatable bonds is 4. The zero-order valence-corrected chi connectivity index (χ0v) is 13.5. The second-order valence-corrected chi connectivity index (χ2v) is 6.04. The van der Waals surface area contributed by atoms with Gasteiger partial charge in [0.1, 0.15) is 5.75 Å². The van der Waals surface area contributed by atoms with Gasteiger partial charge in [-0.15, -0.1) is 0 Å². The Morgan fingerprint density at radius 3 is 2.50 bits per heavy atom. The normalized spacial score (nSPS) is 22.7. The SMILES string of the molecule is COc1ccc(-c2noc(CN3[C@H](C)CCC[C@@H]3C)n2)cc1. The van der Waals surface area contributed by atoms with Gasteiger partial charge in [-0.3, -0.25) is 4.90 Å². The molecule has 0 amide bonds. The lowest BCUT2D eigenvalue weighted by Gasteiger charge is -2.37. The van der Waals surface area contributed by atoms with Crippen molar-refractivity contribution in [3.05, 3.63) is 30.2 Å². The molecule has 5 heteroatoms. The molecule has 3 rings (SSSR count). The zero-order chi connectivity index (χ0) is 15.5. The molecule has 0 saturated carbocycles. The Bertz CT molecular complexity index is 599. The molecular weight excluding hydrogens is 278 g/mol. The van der Waals surface area contributed by atoms with Crippen LogP contribution in [-0.4, -0.2) is 34.2 Å². The highest BCUT2D eigenvalue weighted by Gasteiger charge is 2.26. The smallest absolute Gasteiger partial charge is 0.241 e. The van der Waals surface area contributed by atoms with Crippen LogP contribution in [0.4, 0.5) is 0 Å². The van der Waals surface area contributed by atoms with E-state index in [4.69, 9.17) is 9.26 Å².